The Hall–Kier alpha value is -2.40. The highest BCUT2D eigenvalue weighted by atomic mass is 32.2. The van der Waals surface area contributed by atoms with Gasteiger partial charge in [0.25, 0.3) is 0 Å². The van der Waals surface area contributed by atoms with Crippen LogP contribution < -0.4 is 5.32 Å². The summed E-state index contributed by atoms with van der Waals surface area (Å²) in [7, 11) is 1.67. The molecular weight excluding hydrogens is 288 g/mol. The molecule has 0 aliphatic carbocycles. The molecule has 2 rings (SSSR count). The minimum Gasteiger partial charge on any atom is -0.309 e. The van der Waals surface area contributed by atoms with Crippen molar-refractivity contribution in [3.63, 3.8) is 0 Å². The van der Waals surface area contributed by atoms with Crippen LogP contribution in [0.1, 0.15) is 18.2 Å². The minimum absolute atomic E-state index is 0.212. The van der Waals surface area contributed by atoms with Crippen LogP contribution >= 0.6 is 11.8 Å². The van der Waals surface area contributed by atoms with Gasteiger partial charge in [0.05, 0.1) is 11.4 Å². The van der Waals surface area contributed by atoms with E-state index in [-0.39, 0.29) is 11.2 Å². The fourth-order valence-corrected chi connectivity index (χ4v) is 2.49. The number of amides is 1. The topological polar surface area (TPSA) is 96.5 Å². The molecule has 0 aromatic carbocycles. The third kappa shape index (κ3) is 3.58. The lowest BCUT2D eigenvalue weighted by Gasteiger charge is -2.12. The van der Waals surface area contributed by atoms with Gasteiger partial charge in [0.2, 0.25) is 5.91 Å². The Labute approximate surface area is 126 Å². The molecule has 1 amide bonds. The number of carbonyl (C=O) groups is 1. The second-order valence-electron chi connectivity index (χ2n) is 4.39. The summed E-state index contributed by atoms with van der Waals surface area (Å²) in [6.45, 7) is 3.64. The first kappa shape index (κ1) is 15.0. The van der Waals surface area contributed by atoms with Crippen LogP contribution in [0.2, 0.25) is 0 Å². The Morgan fingerprint density at radius 3 is 2.95 bits per heavy atom. The average Bonchev–Trinajstić information content (AvgIpc) is 2.79. The van der Waals surface area contributed by atoms with Crippen LogP contribution in [-0.4, -0.2) is 30.9 Å². The summed E-state index contributed by atoms with van der Waals surface area (Å²) in [5.74, 6) is 0.185. The van der Waals surface area contributed by atoms with Gasteiger partial charge < -0.3 is 5.32 Å². The van der Waals surface area contributed by atoms with Crippen LogP contribution in [-0.2, 0) is 11.8 Å². The molecule has 108 valence electrons. The molecule has 1 atom stereocenters. The largest absolute Gasteiger partial charge is 0.309 e. The van der Waals surface area contributed by atoms with E-state index < -0.39 is 0 Å². The molecule has 7 nitrogen and oxygen atoms in total. The number of rotatable bonds is 4. The summed E-state index contributed by atoms with van der Waals surface area (Å²) < 4.78 is 1.46. The molecule has 0 aliphatic heterocycles. The highest BCUT2D eigenvalue weighted by Crippen LogP contribution is 2.22. The molecule has 0 saturated heterocycles. The van der Waals surface area contributed by atoms with Crippen molar-refractivity contribution in [3.8, 4) is 6.07 Å². The zero-order chi connectivity index (χ0) is 15.4. The second kappa shape index (κ2) is 6.37. The zero-order valence-corrected chi connectivity index (χ0v) is 12.7. The molecule has 2 aromatic heterocycles. The van der Waals surface area contributed by atoms with E-state index in [1.54, 1.807) is 14.0 Å². The van der Waals surface area contributed by atoms with Crippen LogP contribution in [0.25, 0.3) is 0 Å². The normalized spacial score (nSPS) is 11.7. The van der Waals surface area contributed by atoms with Gasteiger partial charge in [-0.25, -0.2) is 9.97 Å². The van der Waals surface area contributed by atoms with Crippen molar-refractivity contribution in [3.05, 3.63) is 29.8 Å². The van der Waals surface area contributed by atoms with Crippen molar-refractivity contribution in [2.24, 2.45) is 7.05 Å². The zero-order valence-electron chi connectivity index (χ0n) is 11.9. The number of hydrogen-bond donors (Lipinski definition) is 1. The number of aryl methyl sites for hydroxylation is 2. The summed E-state index contributed by atoms with van der Waals surface area (Å²) in [6, 6.07) is 3.81. The lowest BCUT2D eigenvalue weighted by molar-refractivity contribution is -0.115. The van der Waals surface area contributed by atoms with Gasteiger partial charge in [-0.15, -0.1) is 0 Å². The maximum Gasteiger partial charge on any atom is 0.238 e. The fourth-order valence-electron chi connectivity index (χ4n) is 1.62. The molecular formula is C13H14N6OS. The predicted octanol–water partition coefficient (Wildman–Crippen LogP) is 1.51. The third-order valence-corrected chi connectivity index (χ3v) is 3.78. The Kier molecular flexibility index (Phi) is 4.55. The van der Waals surface area contributed by atoms with Crippen LogP contribution in [0.5, 0.6) is 0 Å². The van der Waals surface area contributed by atoms with Gasteiger partial charge in [0, 0.05) is 12.7 Å². The van der Waals surface area contributed by atoms with Crippen LogP contribution in [0, 0.1) is 18.3 Å². The smallest absolute Gasteiger partial charge is 0.238 e. The summed E-state index contributed by atoms with van der Waals surface area (Å²) in [5.41, 5.74) is 1.18. The molecule has 0 bridgehead atoms. The molecule has 0 saturated carbocycles. The minimum atomic E-state index is -0.360. The van der Waals surface area contributed by atoms with Gasteiger partial charge in [-0.1, -0.05) is 11.8 Å². The SMILES string of the molecule is Cc1cc(SC(C)C(=O)Nc2c(C#N)cnn2C)ncn1. The molecule has 0 spiro atoms. The number of anilines is 1. The van der Waals surface area contributed by atoms with Crippen LogP contribution in [0.15, 0.2) is 23.6 Å². The fraction of sp³-hybridized carbons (Fsp3) is 0.308. The van der Waals surface area contributed by atoms with Crippen molar-refractivity contribution in [1.82, 2.24) is 19.7 Å². The summed E-state index contributed by atoms with van der Waals surface area (Å²) in [4.78, 5) is 20.3. The molecule has 0 aliphatic rings. The van der Waals surface area contributed by atoms with E-state index in [0.29, 0.717) is 11.4 Å². The summed E-state index contributed by atoms with van der Waals surface area (Å²) in [5, 5.41) is 16.0. The number of aromatic nitrogens is 4. The standard InChI is InChI=1S/C13H14N6OS/c1-8-4-11(16-7-15-8)21-9(2)13(20)18-12-10(5-14)6-17-19(12)3/h4,6-7,9H,1-3H3,(H,18,20). The van der Waals surface area contributed by atoms with Gasteiger partial charge in [-0.05, 0) is 19.9 Å². The van der Waals surface area contributed by atoms with Crippen LogP contribution in [0.4, 0.5) is 5.82 Å². The molecule has 2 heterocycles. The van der Waals surface area contributed by atoms with E-state index >= 15 is 0 Å². The number of carbonyl (C=O) groups excluding carboxylic acids is 1. The van der Waals surface area contributed by atoms with E-state index in [1.165, 1.54) is 29.0 Å². The van der Waals surface area contributed by atoms with Crippen LogP contribution in [0.3, 0.4) is 0 Å². The highest BCUT2D eigenvalue weighted by Gasteiger charge is 2.18. The molecule has 0 fully saturated rings. The van der Waals surface area contributed by atoms with E-state index in [9.17, 15) is 4.79 Å². The number of nitrogens with one attached hydrogen (secondary N) is 1. The summed E-state index contributed by atoms with van der Waals surface area (Å²) >= 11 is 1.33. The number of hydrogen-bond acceptors (Lipinski definition) is 6. The van der Waals surface area contributed by atoms with Crippen molar-refractivity contribution < 1.29 is 4.79 Å². The second-order valence-corrected chi connectivity index (χ2v) is 5.75. The molecule has 0 radical (unpaired) electrons. The summed E-state index contributed by atoms with van der Waals surface area (Å²) in [6.07, 6.45) is 2.89. The average molecular weight is 302 g/mol. The van der Waals surface area contributed by atoms with Gasteiger partial charge >= 0.3 is 0 Å². The van der Waals surface area contributed by atoms with Gasteiger partial charge in [0.15, 0.2) is 0 Å². The van der Waals surface area contributed by atoms with E-state index in [4.69, 9.17) is 5.26 Å². The Bertz CT molecular complexity index is 705. The highest BCUT2D eigenvalue weighted by molar-refractivity contribution is 8.00. The quantitative estimate of drug-likeness (QED) is 0.679. The van der Waals surface area contributed by atoms with Gasteiger partial charge in [-0.3, -0.25) is 9.48 Å². The maximum atomic E-state index is 12.2. The first-order chi connectivity index (χ1) is 10.0. The van der Waals surface area contributed by atoms with Crippen molar-refractivity contribution in [2.75, 3.05) is 5.32 Å². The van der Waals surface area contributed by atoms with Crippen molar-refractivity contribution in [2.45, 2.75) is 24.1 Å². The van der Waals surface area contributed by atoms with Gasteiger partial charge in [-0.2, -0.15) is 10.4 Å². The first-order valence-corrected chi connectivity index (χ1v) is 7.07. The Morgan fingerprint density at radius 2 is 2.29 bits per heavy atom. The number of nitriles is 1. The Morgan fingerprint density at radius 1 is 1.52 bits per heavy atom. The predicted molar refractivity (Wildman–Crippen MR) is 78.6 cm³/mol. The molecule has 1 unspecified atom stereocenters. The Balaban J connectivity index is 2.06. The maximum absolute atomic E-state index is 12.2. The number of nitrogens with zero attached hydrogens (tertiary/aromatic N) is 5. The monoisotopic (exact) mass is 302 g/mol. The van der Waals surface area contributed by atoms with Gasteiger partial charge in [0.1, 0.15) is 28.8 Å². The van der Waals surface area contributed by atoms with E-state index in [2.05, 4.69) is 20.4 Å². The molecule has 8 heteroatoms. The molecule has 2 aromatic rings. The molecule has 1 N–H and O–H groups in total. The first-order valence-electron chi connectivity index (χ1n) is 6.19. The van der Waals surface area contributed by atoms with Crippen molar-refractivity contribution >= 4 is 23.5 Å². The van der Waals surface area contributed by atoms with E-state index in [1.807, 2.05) is 19.1 Å². The lowest BCUT2D eigenvalue weighted by Crippen LogP contribution is -2.24. The third-order valence-electron chi connectivity index (χ3n) is 2.75. The van der Waals surface area contributed by atoms with Crippen molar-refractivity contribution in [1.29, 1.82) is 5.26 Å². The number of thioether (sulfide) groups is 1. The lowest BCUT2D eigenvalue weighted by atomic mass is 10.3. The van der Waals surface area contributed by atoms with E-state index in [0.717, 1.165) is 10.7 Å². The molecule has 21 heavy (non-hydrogen) atoms.